The maximum Gasteiger partial charge on any atom is 0.410 e. The molecule has 11 heteroatoms. The Morgan fingerprint density at radius 2 is 1.91 bits per heavy atom. The minimum atomic E-state index is -0.542. The first-order chi connectivity index (χ1) is 22.1. The van der Waals surface area contributed by atoms with Crippen LogP contribution in [-0.4, -0.2) is 55.8 Å². The molecule has 1 aliphatic rings. The number of anilines is 2. The summed E-state index contributed by atoms with van der Waals surface area (Å²) in [6.45, 7) is 11.2. The van der Waals surface area contributed by atoms with Crippen molar-refractivity contribution in [1.29, 1.82) is 0 Å². The fourth-order valence-electron chi connectivity index (χ4n) is 5.53. The summed E-state index contributed by atoms with van der Waals surface area (Å²) in [5.41, 5.74) is 3.63. The van der Waals surface area contributed by atoms with Crippen LogP contribution >= 0.6 is 0 Å². The first-order valence-corrected chi connectivity index (χ1v) is 15.5. The highest BCUT2D eigenvalue weighted by molar-refractivity contribution is 5.98. The molecule has 0 radical (unpaired) electrons. The molecule has 6 rings (SSSR count). The number of ether oxygens (including phenoxy) is 2. The number of nitrogens with one attached hydrogen (secondary N) is 2. The standard InChI is InChI=1S/C35H39N7O4/c1-22-13-14-26-27(10-6-12-29(26)38-20-25-19-23(2)46-41-25)31(22)44-32-28(11-7-16-36-32)30-15-17-37-33(40-30)39-24-9-8-18-42(21-24)34(43)45-35(3,4)5/h6-7,10-17,19,24,38H,8-9,18,20-21H2,1-5H3,(H,37,39,40)/t24-/m0/s1. The van der Waals surface area contributed by atoms with Crippen LogP contribution in [0.25, 0.3) is 22.0 Å². The zero-order valence-electron chi connectivity index (χ0n) is 26.8. The molecule has 1 aliphatic heterocycles. The van der Waals surface area contributed by atoms with Crippen LogP contribution in [0.2, 0.25) is 0 Å². The van der Waals surface area contributed by atoms with Gasteiger partial charge < -0.3 is 29.5 Å². The van der Waals surface area contributed by atoms with E-state index in [4.69, 9.17) is 19.0 Å². The highest BCUT2D eigenvalue weighted by Crippen LogP contribution is 2.38. The molecule has 4 heterocycles. The molecule has 0 aliphatic carbocycles. The Morgan fingerprint density at radius 1 is 1.04 bits per heavy atom. The molecule has 11 nitrogen and oxygen atoms in total. The molecule has 1 fully saturated rings. The topological polar surface area (TPSA) is 128 Å². The second-order valence-electron chi connectivity index (χ2n) is 12.5. The third-order valence-electron chi connectivity index (χ3n) is 7.65. The van der Waals surface area contributed by atoms with Crippen molar-refractivity contribution in [3.05, 3.63) is 84.0 Å². The Morgan fingerprint density at radius 3 is 2.72 bits per heavy atom. The first-order valence-electron chi connectivity index (χ1n) is 15.5. The normalized spacial score (nSPS) is 15.1. The van der Waals surface area contributed by atoms with Crippen LogP contribution in [0, 0.1) is 13.8 Å². The maximum atomic E-state index is 12.7. The fourth-order valence-corrected chi connectivity index (χ4v) is 5.53. The van der Waals surface area contributed by atoms with Crippen LogP contribution in [0.5, 0.6) is 11.6 Å². The van der Waals surface area contributed by atoms with Crippen LogP contribution in [0.3, 0.4) is 0 Å². The molecule has 2 N–H and O–H groups in total. The zero-order chi connectivity index (χ0) is 32.3. The van der Waals surface area contributed by atoms with Crippen molar-refractivity contribution in [2.45, 2.75) is 65.6 Å². The van der Waals surface area contributed by atoms with Gasteiger partial charge in [0.15, 0.2) is 0 Å². The minimum absolute atomic E-state index is 0.00409. The summed E-state index contributed by atoms with van der Waals surface area (Å²) in [6.07, 6.45) is 4.87. The van der Waals surface area contributed by atoms with Crippen molar-refractivity contribution in [3.63, 3.8) is 0 Å². The van der Waals surface area contributed by atoms with Gasteiger partial charge in [-0.15, -0.1) is 0 Å². The number of carbonyl (C=O) groups is 1. The van der Waals surface area contributed by atoms with Crippen molar-refractivity contribution in [3.8, 4) is 22.9 Å². The largest absolute Gasteiger partial charge is 0.444 e. The van der Waals surface area contributed by atoms with E-state index in [-0.39, 0.29) is 12.1 Å². The van der Waals surface area contributed by atoms with E-state index in [9.17, 15) is 4.79 Å². The maximum absolute atomic E-state index is 12.7. The van der Waals surface area contributed by atoms with E-state index in [0.717, 1.165) is 57.6 Å². The van der Waals surface area contributed by atoms with Crippen molar-refractivity contribution < 1.29 is 18.8 Å². The van der Waals surface area contributed by atoms with Gasteiger partial charge in [0.25, 0.3) is 0 Å². The minimum Gasteiger partial charge on any atom is -0.444 e. The van der Waals surface area contributed by atoms with Gasteiger partial charge in [-0.25, -0.2) is 19.7 Å². The van der Waals surface area contributed by atoms with Crippen molar-refractivity contribution in [2.24, 2.45) is 0 Å². The van der Waals surface area contributed by atoms with Crippen LogP contribution in [0.15, 0.2) is 71.5 Å². The SMILES string of the molecule is Cc1cc(CNc2cccc3c(Oc4ncccc4-c4ccnc(N[C@H]5CCCN(C(=O)OC(C)(C)C)C5)n4)c(C)ccc23)no1. The smallest absolute Gasteiger partial charge is 0.410 e. The number of amides is 1. The van der Waals surface area contributed by atoms with E-state index >= 15 is 0 Å². The van der Waals surface area contributed by atoms with Crippen molar-refractivity contribution in [2.75, 3.05) is 23.7 Å². The van der Waals surface area contributed by atoms with Gasteiger partial charge in [-0.2, -0.15) is 0 Å². The number of benzene rings is 2. The van der Waals surface area contributed by atoms with Gasteiger partial charge in [0.1, 0.15) is 22.8 Å². The average Bonchev–Trinajstić information content (AvgIpc) is 3.46. The summed E-state index contributed by atoms with van der Waals surface area (Å²) in [5.74, 6) is 2.41. The Bertz CT molecular complexity index is 1850. The number of fused-ring (bicyclic) bond motifs is 1. The third kappa shape index (κ3) is 7.20. The average molecular weight is 622 g/mol. The zero-order valence-corrected chi connectivity index (χ0v) is 26.8. The molecule has 0 saturated carbocycles. The van der Waals surface area contributed by atoms with E-state index in [0.29, 0.717) is 37.2 Å². The van der Waals surface area contributed by atoms with Gasteiger partial charge in [0, 0.05) is 54.1 Å². The molecule has 46 heavy (non-hydrogen) atoms. The van der Waals surface area contributed by atoms with E-state index in [1.165, 1.54) is 0 Å². The number of hydrogen-bond donors (Lipinski definition) is 2. The van der Waals surface area contributed by atoms with E-state index in [1.807, 2.05) is 83.1 Å². The second-order valence-corrected chi connectivity index (χ2v) is 12.5. The van der Waals surface area contributed by atoms with E-state index < -0.39 is 5.60 Å². The second kappa shape index (κ2) is 13.0. The predicted molar refractivity (Wildman–Crippen MR) is 177 cm³/mol. The fraction of sp³-hybridized carbons (Fsp3) is 0.343. The number of likely N-dealkylation sites (tertiary alicyclic amines) is 1. The molecule has 0 unspecified atom stereocenters. The van der Waals surface area contributed by atoms with Gasteiger partial charge in [-0.1, -0.05) is 29.4 Å². The number of nitrogens with zero attached hydrogens (tertiary/aromatic N) is 5. The van der Waals surface area contributed by atoms with Crippen LogP contribution in [-0.2, 0) is 11.3 Å². The molecule has 238 valence electrons. The highest BCUT2D eigenvalue weighted by Gasteiger charge is 2.28. The molecule has 0 bridgehead atoms. The lowest BCUT2D eigenvalue weighted by Crippen LogP contribution is -2.47. The Hall–Kier alpha value is -5.19. The van der Waals surface area contributed by atoms with Gasteiger partial charge in [0.2, 0.25) is 11.8 Å². The molecule has 0 spiro atoms. The van der Waals surface area contributed by atoms with Crippen molar-refractivity contribution in [1.82, 2.24) is 25.0 Å². The molecule has 3 aromatic heterocycles. The molecule has 1 atom stereocenters. The summed E-state index contributed by atoms with van der Waals surface area (Å²) in [6, 6.07) is 17.8. The third-order valence-corrected chi connectivity index (χ3v) is 7.65. The number of piperidine rings is 1. The lowest BCUT2D eigenvalue weighted by Gasteiger charge is -2.34. The van der Waals surface area contributed by atoms with Gasteiger partial charge in [0.05, 0.1) is 17.8 Å². The van der Waals surface area contributed by atoms with Crippen LogP contribution in [0.4, 0.5) is 16.4 Å². The summed E-state index contributed by atoms with van der Waals surface area (Å²) < 4.78 is 17.4. The molecule has 2 aromatic carbocycles. The molecule has 5 aromatic rings. The first kappa shape index (κ1) is 30.8. The highest BCUT2D eigenvalue weighted by atomic mass is 16.6. The van der Waals surface area contributed by atoms with E-state index in [1.54, 1.807) is 17.3 Å². The number of carbonyl (C=O) groups excluding carboxylic acids is 1. The Labute approximate surface area is 268 Å². The molecular weight excluding hydrogens is 582 g/mol. The number of hydrogen-bond acceptors (Lipinski definition) is 10. The summed E-state index contributed by atoms with van der Waals surface area (Å²) in [7, 11) is 0. The Kier molecular flexibility index (Phi) is 8.74. The summed E-state index contributed by atoms with van der Waals surface area (Å²) >= 11 is 0. The van der Waals surface area contributed by atoms with E-state index in [2.05, 4.69) is 31.8 Å². The monoisotopic (exact) mass is 621 g/mol. The van der Waals surface area contributed by atoms with Gasteiger partial charge in [-0.3, -0.25) is 0 Å². The number of rotatable bonds is 8. The lowest BCUT2D eigenvalue weighted by molar-refractivity contribution is 0.0206. The summed E-state index contributed by atoms with van der Waals surface area (Å²) in [4.78, 5) is 28.3. The Balaban J connectivity index is 1.22. The van der Waals surface area contributed by atoms with Gasteiger partial charge in [-0.05, 0) is 77.3 Å². The number of aryl methyl sites for hydroxylation is 2. The number of aromatic nitrogens is 4. The molecule has 1 amide bonds. The summed E-state index contributed by atoms with van der Waals surface area (Å²) in [5, 5.41) is 13.0. The van der Waals surface area contributed by atoms with Crippen molar-refractivity contribution >= 4 is 28.5 Å². The van der Waals surface area contributed by atoms with Gasteiger partial charge >= 0.3 is 6.09 Å². The predicted octanol–water partition coefficient (Wildman–Crippen LogP) is 7.51. The quantitative estimate of drug-likeness (QED) is 0.180. The lowest BCUT2D eigenvalue weighted by atomic mass is 10.0. The van der Waals surface area contributed by atoms with Crippen LogP contribution < -0.4 is 15.4 Å². The molecular formula is C35H39N7O4. The van der Waals surface area contributed by atoms with Crippen LogP contribution in [0.1, 0.15) is 50.6 Å². The molecule has 1 saturated heterocycles. The number of pyridine rings is 1.